The van der Waals surface area contributed by atoms with Gasteiger partial charge in [-0.1, -0.05) is 74.9 Å². The molecule has 0 saturated carbocycles. The van der Waals surface area contributed by atoms with Crippen molar-refractivity contribution in [1.29, 1.82) is 0 Å². The van der Waals surface area contributed by atoms with Crippen LogP contribution in [0.4, 0.5) is 4.79 Å². The molecule has 2 N–H and O–H groups in total. The zero-order valence-corrected chi connectivity index (χ0v) is 25.0. The fraction of sp³-hybridized carbons (Fsp3) is 0.531. The number of nitrogens with zero attached hydrogens (tertiary/aromatic N) is 1. The molecule has 0 fully saturated rings. The first-order valence-electron chi connectivity index (χ1n) is 14.0. The van der Waals surface area contributed by atoms with Gasteiger partial charge in [-0.2, -0.15) is 0 Å². The average molecular weight is 538 g/mol. The van der Waals surface area contributed by atoms with Gasteiger partial charge in [0.25, 0.3) is 0 Å². The van der Waals surface area contributed by atoms with Gasteiger partial charge in [0, 0.05) is 18.5 Å². The number of rotatable bonds is 11. The quantitative estimate of drug-likeness (QED) is 0.346. The second kappa shape index (κ2) is 14.2. The Hall–Kier alpha value is -3.35. The fourth-order valence-electron chi connectivity index (χ4n) is 4.35. The van der Waals surface area contributed by atoms with Crippen LogP contribution in [0.5, 0.6) is 0 Å². The van der Waals surface area contributed by atoms with Gasteiger partial charge in [-0.3, -0.25) is 9.59 Å². The van der Waals surface area contributed by atoms with E-state index in [0.717, 1.165) is 36.0 Å². The maximum atomic E-state index is 14.4. The Morgan fingerprint density at radius 2 is 1.49 bits per heavy atom. The first-order chi connectivity index (χ1) is 18.3. The van der Waals surface area contributed by atoms with Crippen LogP contribution in [-0.4, -0.2) is 46.5 Å². The van der Waals surface area contributed by atoms with Crippen molar-refractivity contribution in [1.82, 2.24) is 15.5 Å². The molecule has 0 aliphatic heterocycles. The number of alkyl carbamates (subject to hydrolysis) is 1. The van der Waals surface area contributed by atoms with Crippen molar-refractivity contribution >= 4 is 17.9 Å². The maximum absolute atomic E-state index is 14.4. The van der Waals surface area contributed by atoms with Gasteiger partial charge in [0.2, 0.25) is 11.8 Å². The Morgan fingerprint density at radius 3 is 2.00 bits per heavy atom. The Kier molecular flexibility index (Phi) is 11.6. The third-order valence-corrected chi connectivity index (χ3v) is 6.27. The van der Waals surface area contributed by atoms with Crippen LogP contribution >= 0.6 is 0 Å². The maximum Gasteiger partial charge on any atom is 0.408 e. The molecule has 0 aliphatic rings. The summed E-state index contributed by atoms with van der Waals surface area (Å²) in [7, 11) is 0. The van der Waals surface area contributed by atoms with Crippen LogP contribution in [0.3, 0.4) is 0 Å². The lowest BCUT2D eigenvalue weighted by Crippen LogP contribution is -2.59. The first kappa shape index (κ1) is 31.9. The van der Waals surface area contributed by atoms with Crippen LogP contribution < -0.4 is 10.6 Å². The predicted octanol–water partition coefficient (Wildman–Crippen LogP) is 5.97. The Morgan fingerprint density at radius 1 is 0.872 bits per heavy atom. The highest BCUT2D eigenvalue weighted by atomic mass is 16.6. The molecule has 7 nitrogen and oxygen atoms in total. The lowest BCUT2D eigenvalue weighted by atomic mass is 9.93. The first-order valence-corrected chi connectivity index (χ1v) is 14.0. The van der Waals surface area contributed by atoms with Gasteiger partial charge in [-0.25, -0.2) is 4.79 Å². The average Bonchev–Trinajstić information content (AvgIpc) is 2.85. The number of ether oxygens (including phenoxy) is 1. The lowest BCUT2D eigenvalue weighted by molar-refractivity contribution is -0.148. The summed E-state index contributed by atoms with van der Waals surface area (Å²) < 4.78 is 5.50. The summed E-state index contributed by atoms with van der Waals surface area (Å²) in [5.41, 5.74) is 1.29. The van der Waals surface area contributed by atoms with Gasteiger partial charge < -0.3 is 20.3 Å². The standard InChI is InChI=1S/C32H47N3O4/c1-9-11-21-33-28(36)27(25-19-17-23(10-2)18-20-25)35(31(3,4)5)29(37)26(22-24-15-13-12-14-16-24)34-30(38)39-32(6,7)8/h12-20,26-27H,9-11,21-22H2,1-8H3,(H,33,36)(H,34,38). The number of benzene rings is 2. The summed E-state index contributed by atoms with van der Waals surface area (Å²) in [6, 6.07) is 15.5. The number of hydrogen-bond donors (Lipinski definition) is 2. The van der Waals surface area contributed by atoms with Crippen molar-refractivity contribution in [2.75, 3.05) is 6.54 Å². The molecule has 2 unspecified atom stereocenters. The van der Waals surface area contributed by atoms with Crippen LogP contribution in [0.15, 0.2) is 54.6 Å². The van der Waals surface area contributed by atoms with Crippen molar-refractivity contribution in [2.24, 2.45) is 0 Å². The van der Waals surface area contributed by atoms with Crippen LogP contribution in [0.1, 0.15) is 91.0 Å². The van der Waals surface area contributed by atoms with E-state index in [9.17, 15) is 14.4 Å². The van der Waals surface area contributed by atoms with Crippen LogP contribution in [0, 0.1) is 0 Å². The minimum Gasteiger partial charge on any atom is -0.444 e. The van der Waals surface area contributed by atoms with Gasteiger partial charge in [0.15, 0.2) is 0 Å². The molecule has 0 spiro atoms. The van der Waals surface area contributed by atoms with Crippen LogP contribution in [0.25, 0.3) is 0 Å². The third-order valence-electron chi connectivity index (χ3n) is 6.27. The SMILES string of the molecule is CCCCNC(=O)C(c1ccc(CC)cc1)N(C(=O)C(Cc1ccccc1)NC(=O)OC(C)(C)C)C(C)(C)C. The predicted molar refractivity (Wildman–Crippen MR) is 156 cm³/mol. The molecule has 2 atom stereocenters. The molecule has 214 valence electrons. The van der Waals surface area contributed by atoms with Gasteiger partial charge in [0.1, 0.15) is 17.7 Å². The number of carbonyl (C=O) groups excluding carboxylic acids is 3. The van der Waals surface area contributed by atoms with E-state index in [4.69, 9.17) is 4.74 Å². The molecule has 2 aromatic rings. The normalized spacial score (nSPS) is 13.2. The number of nitrogens with one attached hydrogen (secondary N) is 2. The van der Waals surface area contributed by atoms with E-state index in [2.05, 4.69) is 24.5 Å². The van der Waals surface area contributed by atoms with Gasteiger partial charge in [-0.05, 0) is 71.1 Å². The number of hydrogen-bond acceptors (Lipinski definition) is 4. The minimum atomic E-state index is -0.942. The molecule has 2 aromatic carbocycles. The summed E-state index contributed by atoms with van der Waals surface area (Å²) in [6.07, 6.45) is 2.23. The molecule has 39 heavy (non-hydrogen) atoms. The summed E-state index contributed by atoms with van der Waals surface area (Å²) in [4.78, 5) is 42.7. The molecule has 2 rings (SSSR count). The van der Waals surface area contributed by atoms with Crippen molar-refractivity contribution in [3.63, 3.8) is 0 Å². The second-order valence-corrected chi connectivity index (χ2v) is 11.9. The summed E-state index contributed by atoms with van der Waals surface area (Å²) in [5.74, 6) is -0.598. The Bertz CT molecular complexity index is 1070. The smallest absolute Gasteiger partial charge is 0.408 e. The number of carbonyl (C=O) groups is 3. The van der Waals surface area contributed by atoms with E-state index < -0.39 is 29.3 Å². The summed E-state index contributed by atoms with van der Waals surface area (Å²) in [6.45, 7) is 15.7. The summed E-state index contributed by atoms with van der Waals surface area (Å²) in [5, 5.41) is 5.84. The lowest BCUT2D eigenvalue weighted by Gasteiger charge is -2.43. The number of unbranched alkanes of at least 4 members (excludes halogenated alkanes) is 1. The minimum absolute atomic E-state index is 0.244. The molecular weight excluding hydrogens is 490 g/mol. The van der Waals surface area contributed by atoms with E-state index in [1.807, 2.05) is 75.4 Å². The van der Waals surface area contributed by atoms with Crippen LogP contribution in [-0.2, 0) is 27.2 Å². The highest BCUT2D eigenvalue weighted by Crippen LogP contribution is 2.31. The number of amides is 3. The van der Waals surface area contributed by atoms with Crippen molar-refractivity contribution in [3.05, 3.63) is 71.3 Å². The second-order valence-electron chi connectivity index (χ2n) is 11.9. The van der Waals surface area contributed by atoms with Gasteiger partial charge in [-0.15, -0.1) is 0 Å². The molecule has 0 heterocycles. The molecule has 0 saturated heterocycles. The van der Waals surface area contributed by atoms with Crippen molar-refractivity contribution in [3.8, 4) is 0 Å². The van der Waals surface area contributed by atoms with E-state index in [1.165, 1.54) is 0 Å². The highest BCUT2D eigenvalue weighted by molar-refractivity contribution is 5.92. The van der Waals surface area contributed by atoms with E-state index in [1.54, 1.807) is 25.7 Å². The van der Waals surface area contributed by atoms with Gasteiger partial charge >= 0.3 is 6.09 Å². The largest absolute Gasteiger partial charge is 0.444 e. The highest BCUT2D eigenvalue weighted by Gasteiger charge is 2.41. The molecule has 0 aromatic heterocycles. The molecular formula is C32H47N3O4. The zero-order valence-electron chi connectivity index (χ0n) is 25.0. The zero-order chi connectivity index (χ0) is 29.2. The topological polar surface area (TPSA) is 87.7 Å². The van der Waals surface area contributed by atoms with Crippen molar-refractivity contribution < 1.29 is 19.1 Å². The van der Waals surface area contributed by atoms with Crippen LogP contribution in [0.2, 0.25) is 0 Å². The molecule has 3 amide bonds. The molecule has 0 radical (unpaired) electrons. The third kappa shape index (κ3) is 10.0. The monoisotopic (exact) mass is 537 g/mol. The number of aryl methyl sites for hydroxylation is 1. The Balaban J connectivity index is 2.57. The van der Waals surface area contributed by atoms with Crippen molar-refractivity contribution in [2.45, 2.75) is 104 Å². The molecule has 7 heteroatoms. The van der Waals surface area contributed by atoms with E-state index in [-0.39, 0.29) is 18.2 Å². The molecule has 0 aliphatic carbocycles. The van der Waals surface area contributed by atoms with E-state index in [0.29, 0.717) is 6.54 Å². The van der Waals surface area contributed by atoms with Gasteiger partial charge in [0.05, 0.1) is 0 Å². The Labute approximate surface area is 234 Å². The summed E-state index contributed by atoms with van der Waals surface area (Å²) >= 11 is 0. The fourth-order valence-corrected chi connectivity index (χ4v) is 4.35. The van der Waals surface area contributed by atoms with E-state index >= 15 is 0 Å². The molecule has 0 bridgehead atoms.